The van der Waals surface area contributed by atoms with Crippen LogP contribution in [0.5, 0.6) is 0 Å². The Labute approximate surface area is 219 Å². The molecular weight excluding hydrogens is 448 g/mol. The molecule has 0 aliphatic rings. The molecule has 1 unspecified atom stereocenters. The molecule has 0 spiro atoms. The summed E-state index contributed by atoms with van der Waals surface area (Å²) in [4.78, 5) is 9.87. The summed E-state index contributed by atoms with van der Waals surface area (Å²) in [6.45, 7) is 2.32. The lowest BCUT2D eigenvalue weighted by atomic mass is 9.84. The molecule has 6 aromatic rings. The molecule has 0 aliphatic carbocycles. The maximum atomic E-state index is 4.97. The molecule has 0 saturated heterocycles. The second-order valence-electron chi connectivity index (χ2n) is 10.3. The molecule has 0 aliphatic heterocycles. The number of pyridine rings is 2. The first-order valence-corrected chi connectivity index (χ1v) is 13.9. The van der Waals surface area contributed by atoms with E-state index in [9.17, 15) is 0 Å². The molecule has 2 heteroatoms. The Bertz CT molecular complexity index is 1580. The van der Waals surface area contributed by atoms with E-state index < -0.39 is 0 Å². The van der Waals surface area contributed by atoms with Crippen molar-refractivity contribution in [3.05, 3.63) is 108 Å². The van der Waals surface area contributed by atoms with Gasteiger partial charge < -0.3 is 0 Å². The van der Waals surface area contributed by atoms with Gasteiger partial charge in [-0.15, -0.1) is 0 Å². The fourth-order valence-electron chi connectivity index (χ4n) is 6.16. The Kier molecular flexibility index (Phi) is 6.82. The molecule has 0 fully saturated rings. The van der Waals surface area contributed by atoms with E-state index in [-0.39, 0.29) is 0 Å². The van der Waals surface area contributed by atoms with E-state index in [1.54, 1.807) is 0 Å². The van der Waals surface area contributed by atoms with Crippen molar-refractivity contribution in [1.29, 1.82) is 0 Å². The molecular formula is C35H34N2. The Morgan fingerprint density at radius 1 is 0.514 bits per heavy atom. The molecule has 2 heterocycles. The Hall–Kier alpha value is -3.78. The zero-order valence-corrected chi connectivity index (χ0v) is 21.7. The molecule has 184 valence electrons. The van der Waals surface area contributed by atoms with E-state index in [1.165, 1.54) is 71.2 Å². The van der Waals surface area contributed by atoms with Gasteiger partial charge in [-0.25, -0.2) is 9.97 Å². The van der Waals surface area contributed by atoms with Crippen molar-refractivity contribution in [2.24, 2.45) is 0 Å². The summed E-state index contributed by atoms with van der Waals surface area (Å²) < 4.78 is 0. The van der Waals surface area contributed by atoms with Gasteiger partial charge in [0.25, 0.3) is 0 Å². The topological polar surface area (TPSA) is 25.8 Å². The second-order valence-corrected chi connectivity index (χ2v) is 10.3. The first-order chi connectivity index (χ1) is 18.3. The van der Waals surface area contributed by atoms with Gasteiger partial charge in [-0.05, 0) is 67.0 Å². The third kappa shape index (κ3) is 4.69. The summed E-state index contributed by atoms with van der Waals surface area (Å²) >= 11 is 0. The van der Waals surface area contributed by atoms with Gasteiger partial charge >= 0.3 is 0 Å². The fourth-order valence-corrected chi connectivity index (χ4v) is 6.16. The van der Waals surface area contributed by atoms with Crippen molar-refractivity contribution >= 4 is 43.6 Å². The number of hydrogen-bond donors (Lipinski definition) is 0. The molecule has 2 nitrogen and oxygen atoms in total. The summed E-state index contributed by atoms with van der Waals surface area (Å²) in [6.07, 6.45) is 8.44. The maximum absolute atomic E-state index is 4.97. The predicted molar refractivity (Wildman–Crippen MR) is 158 cm³/mol. The van der Waals surface area contributed by atoms with Crippen molar-refractivity contribution in [2.75, 3.05) is 0 Å². The first kappa shape index (κ1) is 23.6. The molecule has 6 rings (SSSR count). The van der Waals surface area contributed by atoms with Crippen LogP contribution in [0.25, 0.3) is 43.6 Å². The number of para-hydroxylation sites is 4. The van der Waals surface area contributed by atoms with Crippen LogP contribution < -0.4 is 0 Å². The highest BCUT2D eigenvalue weighted by molar-refractivity contribution is 5.98. The first-order valence-electron chi connectivity index (χ1n) is 13.9. The minimum atomic E-state index is 0.561. The van der Waals surface area contributed by atoms with Crippen molar-refractivity contribution in [2.45, 2.75) is 57.8 Å². The lowest BCUT2D eigenvalue weighted by Gasteiger charge is -2.21. The molecule has 0 N–H and O–H groups in total. The summed E-state index contributed by atoms with van der Waals surface area (Å²) in [5.74, 6) is 0.561. The molecule has 0 saturated carbocycles. The molecule has 1 atom stereocenters. The van der Waals surface area contributed by atoms with Crippen molar-refractivity contribution in [1.82, 2.24) is 9.97 Å². The van der Waals surface area contributed by atoms with Gasteiger partial charge in [0, 0.05) is 21.5 Å². The van der Waals surface area contributed by atoms with Crippen LogP contribution in [0.4, 0.5) is 0 Å². The van der Waals surface area contributed by atoms with Crippen LogP contribution in [0.15, 0.2) is 97.1 Å². The number of rotatable bonds is 9. The number of hydrogen-bond acceptors (Lipinski definition) is 2. The standard InChI is InChI=1S/C35H34N2/c1-2-14-25(35-29-19-8-12-23-33(29)37-34-24-13-9-20-30(34)35)15-4-3-5-16-26-27-17-6-10-21-31(27)36-32-22-11-7-18-28(26)32/h6-13,17-25H,2-5,14-16H2,1H3. The van der Waals surface area contributed by atoms with Crippen LogP contribution in [0.3, 0.4) is 0 Å². The highest BCUT2D eigenvalue weighted by Crippen LogP contribution is 2.37. The van der Waals surface area contributed by atoms with E-state index in [1.807, 2.05) is 0 Å². The van der Waals surface area contributed by atoms with Crippen LogP contribution in [-0.4, -0.2) is 9.97 Å². The Balaban J connectivity index is 1.22. The van der Waals surface area contributed by atoms with Gasteiger partial charge in [0.15, 0.2) is 0 Å². The van der Waals surface area contributed by atoms with E-state index in [2.05, 4.69) is 104 Å². The Morgan fingerprint density at radius 3 is 1.49 bits per heavy atom. The molecule has 0 bridgehead atoms. The lowest BCUT2D eigenvalue weighted by Crippen LogP contribution is -2.03. The van der Waals surface area contributed by atoms with Crippen LogP contribution in [-0.2, 0) is 6.42 Å². The fraction of sp³-hybridized carbons (Fsp3) is 0.257. The van der Waals surface area contributed by atoms with Crippen LogP contribution in [0.2, 0.25) is 0 Å². The smallest absolute Gasteiger partial charge is 0.0712 e. The van der Waals surface area contributed by atoms with Crippen LogP contribution in [0, 0.1) is 0 Å². The van der Waals surface area contributed by atoms with E-state index in [4.69, 9.17) is 9.97 Å². The number of unbranched alkanes of at least 4 members (excludes halogenated alkanes) is 2. The summed E-state index contributed by atoms with van der Waals surface area (Å²) in [6, 6.07) is 34.6. The minimum absolute atomic E-state index is 0.561. The molecule has 0 amide bonds. The number of aryl methyl sites for hydroxylation is 1. The molecule has 37 heavy (non-hydrogen) atoms. The second kappa shape index (κ2) is 10.7. The average Bonchev–Trinajstić information content (AvgIpc) is 2.94. The van der Waals surface area contributed by atoms with Gasteiger partial charge in [0.2, 0.25) is 0 Å². The lowest BCUT2D eigenvalue weighted by molar-refractivity contribution is 0.528. The van der Waals surface area contributed by atoms with E-state index in [0.717, 1.165) is 28.5 Å². The minimum Gasteiger partial charge on any atom is -0.248 e. The van der Waals surface area contributed by atoms with Crippen molar-refractivity contribution in [3.63, 3.8) is 0 Å². The Morgan fingerprint density at radius 2 is 0.973 bits per heavy atom. The third-order valence-corrected chi connectivity index (χ3v) is 7.85. The third-order valence-electron chi connectivity index (χ3n) is 7.85. The van der Waals surface area contributed by atoms with Crippen molar-refractivity contribution < 1.29 is 0 Å². The number of benzene rings is 4. The zero-order chi connectivity index (χ0) is 25.0. The SMILES string of the molecule is CCCC(CCCCCc1c2ccccc2nc2ccccc12)c1c2ccccc2nc2ccccc12. The van der Waals surface area contributed by atoms with Gasteiger partial charge in [-0.3, -0.25) is 0 Å². The summed E-state index contributed by atoms with van der Waals surface area (Å²) in [7, 11) is 0. The summed E-state index contributed by atoms with van der Waals surface area (Å²) in [5, 5.41) is 5.27. The zero-order valence-electron chi connectivity index (χ0n) is 21.7. The van der Waals surface area contributed by atoms with Gasteiger partial charge in [0.1, 0.15) is 0 Å². The highest BCUT2D eigenvalue weighted by atomic mass is 14.7. The van der Waals surface area contributed by atoms with E-state index in [0.29, 0.717) is 5.92 Å². The van der Waals surface area contributed by atoms with Crippen molar-refractivity contribution in [3.8, 4) is 0 Å². The monoisotopic (exact) mass is 482 g/mol. The van der Waals surface area contributed by atoms with E-state index >= 15 is 0 Å². The highest BCUT2D eigenvalue weighted by Gasteiger charge is 2.18. The van der Waals surface area contributed by atoms with Crippen LogP contribution in [0.1, 0.15) is 62.5 Å². The number of nitrogens with zero attached hydrogens (tertiary/aromatic N) is 2. The quantitative estimate of drug-likeness (QED) is 0.151. The van der Waals surface area contributed by atoms with Gasteiger partial charge in [0.05, 0.1) is 22.1 Å². The molecule has 0 radical (unpaired) electrons. The van der Waals surface area contributed by atoms with Crippen LogP contribution >= 0.6 is 0 Å². The number of fused-ring (bicyclic) bond motifs is 4. The van der Waals surface area contributed by atoms with Gasteiger partial charge in [-0.2, -0.15) is 0 Å². The average molecular weight is 483 g/mol. The molecule has 4 aromatic carbocycles. The normalized spacial score (nSPS) is 12.6. The largest absolute Gasteiger partial charge is 0.248 e. The predicted octanol–water partition coefficient (Wildman–Crippen LogP) is 9.78. The number of aromatic nitrogens is 2. The maximum Gasteiger partial charge on any atom is 0.0712 e. The van der Waals surface area contributed by atoms with Gasteiger partial charge in [-0.1, -0.05) is 99.0 Å². The summed E-state index contributed by atoms with van der Waals surface area (Å²) in [5.41, 5.74) is 7.42. The molecule has 2 aromatic heterocycles.